The molecule has 19 heavy (non-hydrogen) atoms. The Bertz CT molecular complexity index is 688. The second-order valence-electron chi connectivity index (χ2n) is 4.76. The van der Waals surface area contributed by atoms with Crippen LogP contribution in [-0.4, -0.2) is 23.4 Å². The van der Waals surface area contributed by atoms with Crippen LogP contribution >= 0.6 is 0 Å². The molecule has 0 saturated carbocycles. The molecule has 0 amide bonds. The molecule has 1 aromatic carbocycles. The molecule has 1 aromatic heterocycles. The lowest BCUT2D eigenvalue weighted by Crippen LogP contribution is -2.29. The Morgan fingerprint density at radius 3 is 2.95 bits per heavy atom. The van der Waals surface area contributed by atoms with Crippen LogP contribution in [-0.2, 0) is 11.2 Å². The van der Waals surface area contributed by atoms with Crippen molar-refractivity contribution < 1.29 is 19.4 Å². The molecule has 2 aromatic rings. The summed E-state index contributed by atoms with van der Waals surface area (Å²) in [5.41, 5.74) is 0.408. The predicted octanol–water partition coefficient (Wildman–Crippen LogP) is 1.49. The maximum absolute atomic E-state index is 12.4. The van der Waals surface area contributed by atoms with Crippen LogP contribution in [0.1, 0.15) is 23.8 Å². The standard InChI is InChI=1S/C14H14O5/c1-18-8-5-10(16)13-12(6-8)19-11-3-2-7(15)4-9(11)14(13)17/h2-4,8,10,15-16H,5-6H2,1H3. The second kappa shape index (κ2) is 4.36. The minimum absolute atomic E-state index is 0.000169. The molecule has 100 valence electrons. The Balaban J connectivity index is 2.27. The Hall–Kier alpha value is -1.85. The summed E-state index contributed by atoms with van der Waals surface area (Å²) in [4.78, 5) is 12.4. The molecular formula is C14H14O5. The zero-order chi connectivity index (χ0) is 13.6. The maximum Gasteiger partial charge on any atom is 0.198 e. The van der Waals surface area contributed by atoms with Gasteiger partial charge in [0.2, 0.25) is 0 Å². The number of aliphatic hydroxyl groups excluding tert-OH is 1. The van der Waals surface area contributed by atoms with E-state index in [-0.39, 0.29) is 28.2 Å². The third-order valence-electron chi connectivity index (χ3n) is 3.55. The van der Waals surface area contributed by atoms with Gasteiger partial charge in [0, 0.05) is 20.0 Å². The van der Waals surface area contributed by atoms with Crippen LogP contribution in [0.25, 0.3) is 11.0 Å². The molecule has 1 aliphatic carbocycles. The number of hydrogen-bond donors (Lipinski definition) is 2. The summed E-state index contributed by atoms with van der Waals surface area (Å²) in [6.45, 7) is 0. The van der Waals surface area contributed by atoms with E-state index in [4.69, 9.17) is 9.15 Å². The molecule has 5 heteroatoms. The first kappa shape index (κ1) is 12.2. The third-order valence-corrected chi connectivity index (χ3v) is 3.55. The van der Waals surface area contributed by atoms with Gasteiger partial charge in [0.1, 0.15) is 17.1 Å². The molecule has 0 bridgehead atoms. The molecule has 0 radical (unpaired) electrons. The number of phenols is 1. The minimum Gasteiger partial charge on any atom is -0.508 e. The average Bonchev–Trinajstić information content (AvgIpc) is 2.39. The number of ether oxygens (including phenoxy) is 1. The summed E-state index contributed by atoms with van der Waals surface area (Å²) >= 11 is 0. The number of phenolic OH excluding ortho intramolecular Hbond substituents is 1. The van der Waals surface area contributed by atoms with Crippen molar-refractivity contribution in [2.75, 3.05) is 7.11 Å². The summed E-state index contributed by atoms with van der Waals surface area (Å²) in [5, 5.41) is 19.8. The zero-order valence-corrected chi connectivity index (χ0v) is 10.4. The van der Waals surface area contributed by atoms with Crippen molar-refractivity contribution in [1.29, 1.82) is 0 Å². The summed E-state index contributed by atoms with van der Waals surface area (Å²) in [7, 11) is 1.57. The van der Waals surface area contributed by atoms with Crippen molar-refractivity contribution in [2.24, 2.45) is 0 Å². The molecule has 0 saturated heterocycles. The van der Waals surface area contributed by atoms with E-state index >= 15 is 0 Å². The highest BCUT2D eigenvalue weighted by atomic mass is 16.5. The van der Waals surface area contributed by atoms with Gasteiger partial charge in [0.25, 0.3) is 0 Å². The van der Waals surface area contributed by atoms with E-state index in [0.717, 1.165) is 0 Å². The fraction of sp³-hybridized carbons (Fsp3) is 0.357. The molecule has 3 rings (SSSR count). The van der Waals surface area contributed by atoms with Crippen molar-refractivity contribution in [3.05, 3.63) is 39.7 Å². The molecule has 0 aliphatic heterocycles. The Morgan fingerprint density at radius 1 is 1.42 bits per heavy atom. The predicted molar refractivity (Wildman–Crippen MR) is 68.2 cm³/mol. The van der Waals surface area contributed by atoms with Crippen molar-refractivity contribution in [1.82, 2.24) is 0 Å². The summed E-state index contributed by atoms with van der Waals surface area (Å²) in [6, 6.07) is 4.37. The number of methoxy groups -OCH3 is 1. The minimum atomic E-state index is -0.892. The topological polar surface area (TPSA) is 79.9 Å². The number of rotatable bonds is 1. The van der Waals surface area contributed by atoms with E-state index in [1.165, 1.54) is 12.1 Å². The monoisotopic (exact) mass is 262 g/mol. The maximum atomic E-state index is 12.4. The van der Waals surface area contributed by atoms with Crippen molar-refractivity contribution in [2.45, 2.75) is 25.0 Å². The van der Waals surface area contributed by atoms with Gasteiger partial charge in [-0.3, -0.25) is 4.79 Å². The lowest BCUT2D eigenvalue weighted by Gasteiger charge is -2.26. The summed E-state index contributed by atoms with van der Waals surface area (Å²) < 4.78 is 10.9. The van der Waals surface area contributed by atoms with Crippen LogP contribution in [0, 0.1) is 0 Å². The normalized spacial score (nSPS) is 22.4. The third kappa shape index (κ3) is 1.91. The molecule has 2 N–H and O–H groups in total. The largest absolute Gasteiger partial charge is 0.508 e. The van der Waals surface area contributed by atoms with Crippen molar-refractivity contribution >= 4 is 11.0 Å². The van der Waals surface area contributed by atoms with Gasteiger partial charge in [-0.05, 0) is 18.2 Å². The van der Waals surface area contributed by atoms with Gasteiger partial charge in [0.15, 0.2) is 5.43 Å². The van der Waals surface area contributed by atoms with Crippen LogP contribution in [0.2, 0.25) is 0 Å². The van der Waals surface area contributed by atoms with Gasteiger partial charge >= 0.3 is 0 Å². The SMILES string of the molecule is COC1Cc2oc3ccc(O)cc3c(=O)c2C(O)C1. The lowest BCUT2D eigenvalue weighted by molar-refractivity contribution is 0.0283. The molecule has 1 aliphatic rings. The lowest BCUT2D eigenvalue weighted by atomic mass is 9.91. The van der Waals surface area contributed by atoms with E-state index in [2.05, 4.69) is 0 Å². The Kier molecular flexibility index (Phi) is 2.80. The van der Waals surface area contributed by atoms with Crippen molar-refractivity contribution in [3.63, 3.8) is 0 Å². The highest BCUT2D eigenvalue weighted by Gasteiger charge is 2.30. The van der Waals surface area contributed by atoms with Gasteiger partial charge in [-0.15, -0.1) is 0 Å². The second-order valence-corrected chi connectivity index (χ2v) is 4.76. The van der Waals surface area contributed by atoms with Gasteiger partial charge in [-0.25, -0.2) is 0 Å². The molecule has 1 heterocycles. The molecular weight excluding hydrogens is 248 g/mol. The van der Waals surface area contributed by atoms with Crippen LogP contribution in [0.5, 0.6) is 5.75 Å². The number of hydrogen-bond acceptors (Lipinski definition) is 5. The van der Waals surface area contributed by atoms with Gasteiger partial charge in [-0.1, -0.05) is 0 Å². The van der Waals surface area contributed by atoms with Gasteiger partial charge < -0.3 is 19.4 Å². The van der Waals surface area contributed by atoms with E-state index in [0.29, 0.717) is 24.2 Å². The Morgan fingerprint density at radius 2 is 2.21 bits per heavy atom. The van der Waals surface area contributed by atoms with Crippen LogP contribution in [0.15, 0.2) is 27.4 Å². The smallest absolute Gasteiger partial charge is 0.198 e. The van der Waals surface area contributed by atoms with E-state index in [9.17, 15) is 15.0 Å². The Labute approximate surface area is 109 Å². The van der Waals surface area contributed by atoms with E-state index < -0.39 is 6.10 Å². The fourth-order valence-corrected chi connectivity index (χ4v) is 2.57. The molecule has 5 nitrogen and oxygen atoms in total. The number of aliphatic hydroxyl groups is 1. The van der Waals surface area contributed by atoms with Crippen LogP contribution in [0.4, 0.5) is 0 Å². The van der Waals surface area contributed by atoms with Gasteiger partial charge in [0.05, 0.1) is 23.2 Å². The highest BCUT2D eigenvalue weighted by Crippen LogP contribution is 2.31. The first-order valence-corrected chi connectivity index (χ1v) is 6.09. The molecule has 0 spiro atoms. The zero-order valence-electron chi connectivity index (χ0n) is 10.4. The average molecular weight is 262 g/mol. The van der Waals surface area contributed by atoms with E-state index in [1.807, 2.05) is 0 Å². The molecule has 2 atom stereocenters. The van der Waals surface area contributed by atoms with Crippen LogP contribution < -0.4 is 5.43 Å². The number of aromatic hydroxyl groups is 1. The first-order valence-electron chi connectivity index (χ1n) is 6.09. The number of fused-ring (bicyclic) bond motifs is 2. The molecule has 2 unspecified atom stereocenters. The van der Waals surface area contributed by atoms with Crippen LogP contribution in [0.3, 0.4) is 0 Å². The first-order chi connectivity index (χ1) is 9.10. The fourth-order valence-electron chi connectivity index (χ4n) is 2.57. The number of benzene rings is 1. The molecule has 0 fully saturated rings. The summed E-state index contributed by atoms with van der Waals surface area (Å²) in [5.74, 6) is 0.466. The van der Waals surface area contributed by atoms with Gasteiger partial charge in [-0.2, -0.15) is 0 Å². The summed E-state index contributed by atoms with van der Waals surface area (Å²) in [6.07, 6.45) is -0.204. The quantitative estimate of drug-likeness (QED) is 0.814. The van der Waals surface area contributed by atoms with Crippen molar-refractivity contribution in [3.8, 4) is 5.75 Å². The highest BCUT2D eigenvalue weighted by molar-refractivity contribution is 5.79. The van der Waals surface area contributed by atoms with E-state index in [1.54, 1.807) is 13.2 Å².